The highest BCUT2D eigenvalue weighted by Gasteiger charge is 2.00. The smallest absolute Gasteiger partial charge is 0.188 e. The maximum absolute atomic E-state index is 5.79. The number of aliphatic imine (C=N–C) groups is 1. The Morgan fingerprint density at radius 3 is 3.00 bits per heavy atom. The van der Waals surface area contributed by atoms with E-state index in [1.165, 1.54) is 5.52 Å². The van der Waals surface area contributed by atoms with Gasteiger partial charge in [0.2, 0.25) is 0 Å². The van der Waals surface area contributed by atoms with Crippen LogP contribution in [0.1, 0.15) is 20.3 Å². The molecule has 0 saturated carbocycles. The van der Waals surface area contributed by atoms with Crippen molar-refractivity contribution >= 4 is 17.0 Å². The van der Waals surface area contributed by atoms with Crippen LogP contribution in [0.3, 0.4) is 0 Å². The highest BCUT2D eigenvalue weighted by atomic mass is 15.1. The number of nitrogens with two attached hydrogens (primary N) is 1. The Morgan fingerprint density at radius 1 is 1.40 bits per heavy atom. The number of aromatic nitrogens is 2. The number of hydrogen-bond acceptors (Lipinski definition) is 2. The van der Waals surface area contributed by atoms with Crippen molar-refractivity contribution in [3.05, 3.63) is 30.6 Å². The maximum Gasteiger partial charge on any atom is 0.188 e. The first-order valence-electron chi connectivity index (χ1n) is 7.10. The lowest BCUT2D eigenvalue weighted by Crippen LogP contribution is -2.33. The second-order valence-electron chi connectivity index (χ2n) is 5.33. The molecule has 2 rings (SSSR count). The summed E-state index contributed by atoms with van der Waals surface area (Å²) in [7, 11) is 0. The first-order valence-corrected chi connectivity index (χ1v) is 7.10. The van der Waals surface area contributed by atoms with E-state index in [0.29, 0.717) is 11.9 Å². The SMILES string of the molecule is CC(C)CN=C(N)NCCCn1cnc2ccccc21. The van der Waals surface area contributed by atoms with Crippen LogP contribution >= 0.6 is 0 Å². The molecule has 1 aromatic heterocycles. The number of hydrogen-bond donors (Lipinski definition) is 2. The summed E-state index contributed by atoms with van der Waals surface area (Å²) < 4.78 is 2.17. The van der Waals surface area contributed by atoms with Crippen molar-refractivity contribution in [1.29, 1.82) is 0 Å². The van der Waals surface area contributed by atoms with Crippen LogP contribution in [0, 0.1) is 5.92 Å². The van der Waals surface area contributed by atoms with Crippen LogP contribution < -0.4 is 11.1 Å². The minimum atomic E-state index is 0.535. The van der Waals surface area contributed by atoms with Crippen LogP contribution in [0.5, 0.6) is 0 Å². The van der Waals surface area contributed by atoms with Gasteiger partial charge in [0.15, 0.2) is 5.96 Å². The van der Waals surface area contributed by atoms with Crippen LogP contribution in [0.4, 0.5) is 0 Å². The van der Waals surface area contributed by atoms with E-state index in [9.17, 15) is 0 Å². The normalized spacial score (nSPS) is 12.2. The van der Waals surface area contributed by atoms with E-state index in [2.05, 4.69) is 39.8 Å². The molecule has 2 aromatic rings. The monoisotopic (exact) mass is 273 g/mol. The molecule has 0 spiro atoms. The van der Waals surface area contributed by atoms with E-state index in [-0.39, 0.29) is 0 Å². The van der Waals surface area contributed by atoms with E-state index in [0.717, 1.165) is 31.6 Å². The zero-order valence-electron chi connectivity index (χ0n) is 12.2. The molecule has 0 amide bonds. The number of nitrogens with one attached hydrogen (secondary N) is 1. The van der Waals surface area contributed by atoms with Gasteiger partial charge in [-0.15, -0.1) is 0 Å². The summed E-state index contributed by atoms with van der Waals surface area (Å²) in [4.78, 5) is 8.65. The number of benzene rings is 1. The molecule has 0 atom stereocenters. The predicted molar refractivity (Wildman–Crippen MR) is 83.7 cm³/mol. The number of imidazole rings is 1. The second kappa shape index (κ2) is 6.93. The Bertz CT molecular complexity index is 570. The van der Waals surface area contributed by atoms with Gasteiger partial charge in [0, 0.05) is 19.6 Å². The molecule has 5 nitrogen and oxygen atoms in total. The number of nitrogens with zero attached hydrogens (tertiary/aromatic N) is 3. The average molecular weight is 273 g/mol. The molecule has 108 valence electrons. The van der Waals surface area contributed by atoms with Crippen LogP contribution in [0.15, 0.2) is 35.6 Å². The standard InChI is InChI=1S/C15H23N5/c1-12(2)10-18-15(16)17-8-5-9-20-11-19-13-6-3-4-7-14(13)20/h3-4,6-7,11-12H,5,8-10H2,1-2H3,(H3,16,17,18). The maximum atomic E-state index is 5.79. The molecular formula is C15H23N5. The predicted octanol–water partition coefficient (Wildman–Crippen LogP) is 1.99. The summed E-state index contributed by atoms with van der Waals surface area (Å²) in [6, 6.07) is 8.16. The first kappa shape index (κ1) is 14.4. The summed E-state index contributed by atoms with van der Waals surface area (Å²) in [5, 5.41) is 3.14. The summed E-state index contributed by atoms with van der Waals surface area (Å²) >= 11 is 0. The zero-order valence-corrected chi connectivity index (χ0v) is 12.2. The molecule has 0 radical (unpaired) electrons. The van der Waals surface area contributed by atoms with Crippen molar-refractivity contribution in [2.75, 3.05) is 13.1 Å². The number of para-hydroxylation sites is 2. The van der Waals surface area contributed by atoms with Gasteiger partial charge in [0.1, 0.15) is 0 Å². The Balaban J connectivity index is 1.77. The van der Waals surface area contributed by atoms with Gasteiger partial charge in [-0.05, 0) is 24.5 Å². The van der Waals surface area contributed by atoms with Crippen molar-refractivity contribution in [3.63, 3.8) is 0 Å². The quantitative estimate of drug-likeness (QED) is 0.480. The Hall–Kier alpha value is -2.04. The summed E-state index contributed by atoms with van der Waals surface area (Å²) in [5.74, 6) is 1.07. The fourth-order valence-corrected chi connectivity index (χ4v) is 1.99. The number of guanidine groups is 1. The van der Waals surface area contributed by atoms with Crippen LogP contribution in [-0.4, -0.2) is 28.6 Å². The lowest BCUT2D eigenvalue weighted by Gasteiger charge is -2.07. The van der Waals surface area contributed by atoms with Crippen molar-refractivity contribution in [2.24, 2.45) is 16.6 Å². The third kappa shape index (κ3) is 3.98. The molecule has 3 N–H and O–H groups in total. The van der Waals surface area contributed by atoms with Gasteiger partial charge < -0.3 is 15.6 Å². The molecule has 0 unspecified atom stereocenters. The number of fused-ring (bicyclic) bond motifs is 1. The number of aryl methyl sites for hydroxylation is 1. The molecule has 0 bridgehead atoms. The van der Waals surface area contributed by atoms with Crippen LogP contribution in [0.2, 0.25) is 0 Å². The third-order valence-electron chi connectivity index (χ3n) is 3.04. The van der Waals surface area contributed by atoms with Crippen molar-refractivity contribution < 1.29 is 0 Å². The molecule has 1 heterocycles. The Morgan fingerprint density at radius 2 is 2.20 bits per heavy atom. The summed E-state index contributed by atoms with van der Waals surface area (Å²) in [6.07, 6.45) is 2.87. The van der Waals surface area contributed by atoms with Gasteiger partial charge in [-0.25, -0.2) is 4.98 Å². The van der Waals surface area contributed by atoms with Gasteiger partial charge in [-0.1, -0.05) is 26.0 Å². The Kier molecular flexibility index (Phi) is 4.98. The number of rotatable bonds is 6. The fourth-order valence-electron chi connectivity index (χ4n) is 1.99. The molecule has 0 aliphatic heterocycles. The van der Waals surface area contributed by atoms with Crippen LogP contribution in [-0.2, 0) is 6.54 Å². The van der Waals surface area contributed by atoms with E-state index in [1.807, 2.05) is 24.5 Å². The zero-order chi connectivity index (χ0) is 14.4. The summed E-state index contributed by atoms with van der Waals surface area (Å²) in [6.45, 7) is 6.76. The van der Waals surface area contributed by atoms with E-state index in [1.54, 1.807) is 0 Å². The summed E-state index contributed by atoms with van der Waals surface area (Å²) in [5.41, 5.74) is 8.01. The largest absolute Gasteiger partial charge is 0.370 e. The highest BCUT2D eigenvalue weighted by molar-refractivity contribution is 5.77. The highest BCUT2D eigenvalue weighted by Crippen LogP contribution is 2.11. The van der Waals surface area contributed by atoms with Gasteiger partial charge in [-0.3, -0.25) is 4.99 Å². The minimum absolute atomic E-state index is 0.535. The molecule has 1 aromatic carbocycles. The van der Waals surface area contributed by atoms with E-state index in [4.69, 9.17) is 5.73 Å². The first-order chi connectivity index (χ1) is 9.66. The van der Waals surface area contributed by atoms with Crippen LogP contribution in [0.25, 0.3) is 11.0 Å². The lowest BCUT2D eigenvalue weighted by atomic mass is 10.2. The third-order valence-corrected chi connectivity index (χ3v) is 3.04. The molecule has 0 aliphatic rings. The van der Waals surface area contributed by atoms with Gasteiger partial charge in [0.05, 0.1) is 17.4 Å². The topological polar surface area (TPSA) is 68.2 Å². The molecule has 5 heteroatoms. The molecule has 0 saturated heterocycles. The minimum Gasteiger partial charge on any atom is -0.370 e. The van der Waals surface area contributed by atoms with Gasteiger partial charge >= 0.3 is 0 Å². The molecule has 0 fully saturated rings. The Labute approximate surface area is 119 Å². The fraction of sp³-hybridized carbons (Fsp3) is 0.467. The average Bonchev–Trinajstić information content (AvgIpc) is 2.85. The van der Waals surface area contributed by atoms with Gasteiger partial charge in [0.25, 0.3) is 0 Å². The van der Waals surface area contributed by atoms with Crippen molar-refractivity contribution in [1.82, 2.24) is 14.9 Å². The molecular weight excluding hydrogens is 250 g/mol. The lowest BCUT2D eigenvalue weighted by molar-refractivity contribution is 0.635. The molecule has 0 aliphatic carbocycles. The van der Waals surface area contributed by atoms with Crippen molar-refractivity contribution in [3.8, 4) is 0 Å². The molecule has 20 heavy (non-hydrogen) atoms. The van der Waals surface area contributed by atoms with Crippen molar-refractivity contribution in [2.45, 2.75) is 26.8 Å². The van der Waals surface area contributed by atoms with E-state index >= 15 is 0 Å². The second-order valence-corrected chi connectivity index (χ2v) is 5.33. The van der Waals surface area contributed by atoms with E-state index < -0.39 is 0 Å². The van der Waals surface area contributed by atoms with Gasteiger partial charge in [-0.2, -0.15) is 0 Å².